The lowest BCUT2D eigenvalue weighted by atomic mass is 10.1. The molecule has 0 saturated carbocycles. The number of carbonyl (C=O) groups is 1. The number of amides is 1. The molecule has 0 unspecified atom stereocenters. The first-order valence-corrected chi connectivity index (χ1v) is 9.32. The molecule has 4 heterocycles. The van der Waals surface area contributed by atoms with Crippen molar-refractivity contribution in [3.8, 4) is 11.4 Å². The van der Waals surface area contributed by atoms with Crippen LogP contribution >= 0.6 is 0 Å². The van der Waals surface area contributed by atoms with Gasteiger partial charge in [0.15, 0.2) is 5.82 Å². The van der Waals surface area contributed by atoms with E-state index in [9.17, 15) is 4.79 Å². The number of piperidine rings is 1. The van der Waals surface area contributed by atoms with Crippen molar-refractivity contribution >= 4 is 5.91 Å². The maximum absolute atomic E-state index is 12.7. The summed E-state index contributed by atoms with van der Waals surface area (Å²) in [6.07, 6.45) is 11.9. The van der Waals surface area contributed by atoms with E-state index in [1.54, 1.807) is 31.0 Å². The minimum Gasteiger partial charge on any atom is -0.373 e. The van der Waals surface area contributed by atoms with Gasteiger partial charge in [-0.1, -0.05) is 6.07 Å². The second-order valence-corrected chi connectivity index (χ2v) is 6.70. The second kappa shape index (κ2) is 8.67. The summed E-state index contributed by atoms with van der Waals surface area (Å²) in [6.45, 7) is 1.89. The maximum atomic E-state index is 12.7. The van der Waals surface area contributed by atoms with Crippen LogP contribution in [0.3, 0.4) is 0 Å². The molecule has 7 heteroatoms. The van der Waals surface area contributed by atoms with Gasteiger partial charge in [0.25, 0.3) is 5.91 Å². The predicted octanol–water partition coefficient (Wildman–Crippen LogP) is 2.76. The average Bonchev–Trinajstić information content (AvgIpc) is 2.79. The van der Waals surface area contributed by atoms with Crippen LogP contribution in [-0.4, -0.2) is 49.9 Å². The van der Waals surface area contributed by atoms with Gasteiger partial charge in [-0.25, -0.2) is 9.97 Å². The van der Waals surface area contributed by atoms with Crippen molar-refractivity contribution in [1.29, 1.82) is 0 Å². The number of rotatable bonds is 5. The van der Waals surface area contributed by atoms with Crippen LogP contribution in [0.25, 0.3) is 11.4 Å². The number of nitrogens with zero attached hydrogens (tertiary/aromatic N) is 5. The van der Waals surface area contributed by atoms with Crippen LogP contribution in [0.4, 0.5) is 0 Å². The van der Waals surface area contributed by atoms with E-state index in [0.717, 1.165) is 24.0 Å². The van der Waals surface area contributed by atoms with Gasteiger partial charge in [0.05, 0.1) is 18.3 Å². The Morgan fingerprint density at radius 3 is 2.43 bits per heavy atom. The van der Waals surface area contributed by atoms with Crippen molar-refractivity contribution in [2.24, 2.45) is 0 Å². The van der Waals surface area contributed by atoms with Gasteiger partial charge in [-0.3, -0.25) is 14.8 Å². The molecule has 3 aromatic heterocycles. The third-order valence-corrected chi connectivity index (χ3v) is 4.78. The lowest BCUT2D eigenvalue weighted by Crippen LogP contribution is -2.41. The fourth-order valence-electron chi connectivity index (χ4n) is 3.19. The molecule has 0 N–H and O–H groups in total. The highest BCUT2D eigenvalue weighted by molar-refractivity contribution is 5.93. The molecular formula is C21H21N5O2. The summed E-state index contributed by atoms with van der Waals surface area (Å²) in [6, 6.07) is 7.59. The third kappa shape index (κ3) is 4.37. The molecule has 0 aromatic carbocycles. The van der Waals surface area contributed by atoms with Gasteiger partial charge in [-0.15, -0.1) is 0 Å². The molecule has 1 amide bonds. The predicted molar refractivity (Wildman–Crippen MR) is 103 cm³/mol. The number of hydrogen-bond donors (Lipinski definition) is 0. The SMILES string of the molecule is O=C(c1cnc(-c2ccncc2)nc1)N1CCC(OCc2cccnc2)CC1. The summed E-state index contributed by atoms with van der Waals surface area (Å²) in [5.41, 5.74) is 2.44. The summed E-state index contributed by atoms with van der Waals surface area (Å²) in [5.74, 6) is 0.549. The van der Waals surface area contributed by atoms with Crippen LogP contribution < -0.4 is 0 Å². The van der Waals surface area contributed by atoms with Gasteiger partial charge in [0.1, 0.15) is 0 Å². The minimum absolute atomic E-state index is 0.0352. The van der Waals surface area contributed by atoms with Gasteiger partial charge < -0.3 is 9.64 Å². The Kier molecular flexibility index (Phi) is 5.63. The van der Waals surface area contributed by atoms with E-state index in [1.165, 1.54) is 0 Å². The zero-order valence-electron chi connectivity index (χ0n) is 15.4. The van der Waals surface area contributed by atoms with Crippen LogP contribution in [0.15, 0.2) is 61.4 Å². The van der Waals surface area contributed by atoms with Crippen molar-refractivity contribution in [2.75, 3.05) is 13.1 Å². The van der Waals surface area contributed by atoms with E-state index < -0.39 is 0 Å². The third-order valence-electron chi connectivity index (χ3n) is 4.78. The molecular weight excluding hydrogens is 354 g/mol. The number of pyridine rings is 2. The zero-order valence-corrected chi connectivity index (χ0v) is 15.4. The van der Waals surface area contributed by atoms with Crippen molar-refractivity contribution in [2.45, 2.75) is 25.6 Å². The molecule has 0 aliphatic carbocycles. The number of likely N-dealkylation sites (tertiary alicyclic amines) is 1. The molecule has 0 bridgehead atoms. The smallest absolute Gasteiger partial charge is 0.256 e. The standard InChI is InChI=1S/C21H21N5O2/c27-21(18-13-24-20(25-14-18)17-3-8-22-9-4-17)26-10-5-19(6-11-26)28-15-16-2-1-7-23-12-16/h1-4,7-9,12-14,19H,5-6,10-11,15H2. The van der Waals surface area contributed by atoms with Gasteiger partial charge in [0, 0.05) is 55.8 Å². The van der Waals surface area contributed by atoms with E-state index in [-0.39, 0.29) is 12.0 Å². The fraction of sp³-hybridized carbons (Fsp3) is 0.286. The van der Waals surface area contributed by atoms with Crippen LogP contribution in [0.5, 0.6) is 0 Å². The Bertz CT molecular complexity index is 895. The maximum Gasteiger partial charge on any atom is 0.256 e. The van der Waals surface area contributed by atoms with Crippen molar-refractivity contribution in [3.05, 3.63) is 72.6 Å². The molecule has 0 radical (unpaired) electrons. The topological polar surface area (TPSA) is 81.1 Å². The Labute approximate surface area is 163 Å². The van der Waals surface area contributed by atoms with Crippen molar-refractivity contribution in [3.63, 3.8) is 0 Å². The number of carbonyl (C=O) groups excluding carboxylic acids is 1. The molecule has 142 valence electrons. The number of hydrogen-bond acceptors (Lipinski definition) is 6. The van der Waals surface area contributed by atoms with Gasteiger partial charge in [-0.2, -0.15) is 0 Å². The van der Waals surface area contributed by atoms with Crippen molar-refractivity contribution < 1.29 is 9.53 Å². The quantitative estimate of drug-likeness (QED) is 0.682. The van der Waals surface area contributed by atoms with E-state index in [2.05, 4.69) is 19.9 Å². The van der Waals surface area contributed by atoms with Crippen LogP contribution in [0.2, 0.25) is 0 Å². The average molecular weight is 375 g/mol. The lowest BCUT2D eigenvalue weighted by molar-refractivity contribution is -0.000485. The number of ether oxygens (including phenoxy) is 1. The molecule has 28 heavy (non-hydrogen) atoms. The summed E-state index contributed by atoms with van der Waals surface area (Å²) >= 11 is 0. The first kappa shape index (κ1) is 18.2. The molecule has 1 aliphatic rings. The largest absolute Gasteiger partial charge is 0.373 e. The monoisotopic (exact) mass is 375 g/mol. The highest BCUT2D eigenvalue weighted by Crippen LogP contribution is 2.18. The van der Waals surface area contributed by atoms with E-state index >= 15 is 0 Å². The van der Waals surface area contributed by atoms with Crippen molar-refractivity contribution in [1.82, 2.24) is 24.8 Å². The van der Waals surface area contributed by atoms with Crippen LogP contribution in [0.1, 0.15) is 28.8 Å². The molecule has 0 atom stereocenters. The Morgan fingerprint density at radius 2 is 1.75 bits per heavy atom. The van der Waals surface area contributed by atoms with Gasteiger partial charge in [0.2, 0.25) is 0 Å². The molecule has 1 saturated heterocycles. The number of aromatic nitrogens is 4. The molecule has 4 rings (SSSR count). The molecule has 3 aromatic rings. The lowest BCUT2D eigenvalue weighted by Gasteiger charge is -2.32. The molecule has 1 aliphatic heterocycles. The molecule has 7 nitrogen and oxygen atoms in total. The first-order valence-electron chi connectivity index (χ1n) is 9.32. The van der Waals surface area contributed by atoms with E-state index in [0.29, 0.717) is 31.1 Å². The van der Waals surface area contributed by atoms with Crippen LogP contribution in [0, 0.1) is 0 Å². The fourth-order valence-corrected chi connectivity index (χ4v) is 3.19. The summed E-state index contributed by atoms with van der Waals surface area (Å²) in [5, 5.41) is 0. The Morgan fingerprint density at radius 1 is 1.00 bits per heavy atom. The van der Waals surface area contributed by atoms with E-state index in [4.69, 9.17) is 4.74 Å². The van der Waals surface area contributed by atoms with E-state index in [1.807, 2.05) is 35.4 Å². The molecule has 0 spiro atoms. The first-order chi connectivity index (χ1) is 13.8. The zero-order chi connectivity index (χ0) is 19.2. The van der Waals surface area contributed by atoms with Gasteiger partial charge >= 0.3 is 0 Å². The van der Waals surface area contributed by atoms with Crippen LogP contribution in [-0.2, 0) is 11.3 Å². The van der Waals surface area contributed by atoms with Gasteiger partial charge in [-0.05, 0) is 36.6 Å². The highest BCUT2D eigenvalue weighted by atomic mass is 16.5. The second-order valence-electron chi connectivity index (χ2n) is 6.70. The Balaban J connectivity index is 1.30. The Hall–Kier alpha value is -3.19. The summed E-state index contributed by atoms with van der Waals surface area (Å²) in [4.78, 5) is 31.3. The molecule has 1 fully saturated rings. The normalized spacial score (nSPS) is 14.8. The minimum atomic E-state index is -0.0352. The highest BCUT2D eigenvalue weighted by Gasteiger charge is 2.24. The summed E-state index contributed by atoms with van der Waals surface area (Å²) in [7, 11) is 0. The summed E-state index contributed by atoms with van der Waals surface area (Å²) < 4.78 is 5.96.